The Bertz CT molecular complexity index is 1680. The Balaban J connectivity index is 1.68. The van der Waals surface area contributed by atoms with Crippen molar-refractivity contribution in [1.29, 1.82) is 0 Å². The minimum atomic E-state index is -2.42. The van der Waals surface area contributed by atoms with Gasteiger partial charge in [0.15, 0.2) is 5.78 Å². The molecule has 4 aliphatic rings. The maximum Gasteiger partial charge on any atom is 0.329 e. The summed E-state index contributed by atoms with van der Waals surface area (Å²) in [6, 6.07) is -1.13. The van der Waals surface area contributed by atoms with Gasteiger partial charge < -0.3 is 39.5 Å². The van der Waals surface area contributed by atoms with Crippen molar-refractivity contribution in [3.8, 4) is 0 Å². The van der Waals surface area contributed by atoms with E-state index in [1.165, 1.54) is 11.0 Å². The van der Waals surface area contributed by atoms with E-state index in [-0.39, 0.29) is 54.6 Å². The number of cyclic esters (lactones) is 1. The van der Waals surface area contributed by atoms with Crippen LogP contribution in [0.15, 0.2) is 47.6 Å². The van der Waals surface area contributed by atoms with Crippen LogP contribution in [0, 0.1) is 35.5 Å². The minimum Gasteiger partial charge on any atom is -0.460 e. The molecule has 4 rings (SSSR count). The lowest BCUT2D eigenvalue weighted by Crippen LogP contribution is -2.61. The number of esters is 1. The molecule has 0 aromatic heterocycles. The molecule has 0 aromatic rings. The molecule has 0 spiro atoms. The van der Waals surface area contributed by atoms with Crippen LogP contribution in [-0.4, -0.2) is 117 Å². The molecule has 0 unspecified atom stereocenters. The van der Waals surface area contributed by atoms with Crippen molar-refractivity contribution in [2.45, 2.75) is 180 Å². The Kier molecular flexibility index (Phi) is 19.5. The molecule has 348 valence electrons. The Labute approximate surface area is 369 Å². The lowest BCUT2D eigenvalue weighted by atomic mass is 9.79. The van der Waals surface area contributed by atoms with Crippen LogP contribution in [0.4, 0.5) is 0 Å². The number of nitrogens with zero attached hydrogens (tertiary/aromatic N) is 1. The van der Waals surface area contributed by atoms with Crippen molar-refractivity contribution < 1.29 is 58.6 Å². The molecule has 2 bridgehead atoms. The van der Waals surface area contributed by atoms with Crippen LogP contribution < -0.4 is 0 Å². The molecule has 0 aromatic carbocycles. The number of aliphatic hydroxyl groups excluding tert-OH is 3. The van der Waals surface area contributed by atoms with Crippen molar-refractivity contribution in [2.75, 3.05) is 13.7 Å². The van der Waals surface area contributed by atoms with Crippen LogP contribution in [0.25, 0.3) is 0 Å². The van der Waals surface area contributed by atoms with Crippen LogP contribution in [-0.2, 0) is 38.2 Å². The van der Waals surface area contributed by atoms with E-state index in [0.717, 1.165) is 18.4 Å². The fourth-order valence-corrected chi connectivity index (χ4v) is 9.61. The molecule has 0 radical (unpaired) electrons. The van der Waals surface area contributed by atoms with E-state index in [1.807, 2.05) is 51.2 Å². The Morgan fingerprint density at radius 1 is 0.855 bits per heavy atom. The fourth-order valence-electron chi connectivity index (χ4n) is 9.61. The van der Waals surface area contributed by atoms with E-state index in [9.17, 15) is 44.4 Å². The van der Waals surface area contributed by atoms with Crippen LogP contribution in [0.5, 0.6) is 0 Å². The molecule has 1 aliphatic carbocycles. The summed E-state index contributed by atoms with van der Waals surface area (Å²) in [5.74, 6) is -8.23. The summed E-state index contributed by atoms with van der Waals surface area (Å²) in [4.78, 5) is 70.9. The van der Waals surface area contributed by atoms with Gasteiger partial charge in [0.2, 0.25) is 5.79 Å². The molecule has 4 N–H and O–H groups in total. The molecule has 12 atom stereocenters. The van der Waals surface area contributed by atoms with Gasteiger partial charge in [-0.05, 0) is 113 Å². The summed E-state index contributed by atoms with van der Waals surface area (Å²) in [5, 5.41) is 44.1. The van der Waals surface area contributed by atoms with Gasteiger partial charge in [0.1, 0.15) is 30.1 Å². The molecule has 3 aliphatic heterocycles. The van der Waals surface area contributed by atoms with E-state index in [4.69, 9.17) is 14.2 Å². The lowest BCUT2D eigenvalue weighted by Gasteiger charge is -2.42. The highest BCUT2D eigenvalue weighted by Gasteiger charge is 2.53. The Morgan fingerprint density at radius 3 is 2.23 bits per heavy atom. The first-order chi connectivity index (χ1) is 29.3. The number of ether oxygens (including phenoxy) is 3. The monoisotopic (exact) mass is 870 g/mol. The highest BCUT2D eigenvalue weighted by atomic mass is 16.6. The van der Waals surface area contributed by atoms with Crippen LogP contribution in [0.2, 0.25) is 0 Å². The summed E-state index contributed by atoms with van der Waals surface area (Å²) in [6.45, 7) is 12.5. The molecule has 1 amide bonds. The fraction of sp³-hybridized carbons (Fsp3) is 0.735. The van der Waals surface area contributed by atoms with Crippen molar-refractivity contribution in [3.63, 3.8) is 0 Å². The van der Waals surface area contributed by atoms with Crippen molar-refractivity contribution in [2.24, 2.45) is 35.5 Å². The smallest absolute Gasteiger partial charge is 0.329 e. The van der Waals surface area contributed by atoms with Crippen molar-refractivity contribution >= 4 is 29.2 Å². The second kappa shape index (κ2) is 23.6. The minimum absolute atomic E-state index is 0.0286. The number of hydrogen-bond acceptors (Lipinski definition) is 12. The second-order valence-electron chi connectivity index (χ2n) is 19.0. The summed E-state index contributed by atoms with van der Waals surface area (Å²) < 4.78 is 18.1. The van der Waals surface area contributed by atoms with Gasteiger partial charge in [0, 0.05) is 44.2 Å². The van der Waals surface area contributed by atoms with Crippen molar-refractivity contribution in [3.05, 3.63) is 47.6 Å². The predicted molar refractivity (Wildman–Crippen MR) is 234 cm³/mol. The van der Waals surface area contributed by atoms with E-state index in [2.05, 4.69) is 0 Å². The standard InChI is InChI=1S/C49H75NO12/c1-29-14-10-9-11-15-30(2)41(60-8)27-38-22-17-35(7)49(59,62-38)46(56)47(57)50-23-13-12-16-39(50)48(58)61-42(32(4)26-36-18-20-37(51)21-19-36)28-40(52)31(3)25-34(6)44(54)45(55)43(53)33(5)24-29/h9-11,14-15,25,29,31-33,35-39,41-42,44-45,51,54-55,59H,12-13,16-24,26-28H2,1-8H3/b11-9+,14-10+,30-15+,34-25+/t29-,31-,32-,33-,35-,36-,37-,38+,39+,41+,42+,44-,45+,49-/m1/s1. The Hall–Kier alpha value is -3.33. The van der Waals surface area contributed by atoms with Gasteiger partial charge in [-0.1, -0.05) is 71.1 Å². The molecule has 1 saturated carbocycles. The average Bonchev–Trinajstić information content (AvgIpc) is 3.25. The number of aliphatic hydroxyl groups is 4. The third kappa shape index (κ3) is 13.6. The average molecular weight is 870 g/mol. The number of methoxy groups -OCH3 is 1. The molecule has 3 heterocycles. The Morgan fingerprint density at radius 2 is 1.55 bits per heavy atom. The molecule has 62 heavy (non-hydrogen) atoms. The summed E-state index contributed by atoms with van der Waals surface area (Å²) in [7, 11) is 1.57. The zero-order valence-corrected chi connectivity index (χ0v) is 38.4. The topological polar surface area (TPSA) is 197 Å². The highest BCUT2D eigenvalue weighted by Crippen LogP contribution is 2.37. The molecule has 13 heteroatoms. The lowest BCUT2D eigenvalue weighted by molar-refractivity contribution is -0.265. The summed E-state index contributed by atoms with van der Waals surface area (Å²) in [5.41, 5.74) is 1.13. The molecule has 13 nitrogen and oxygen atoms in total. The molecular weight excluding hydrogens is 795 g/mol. The molecule has 2 saturated heterocycles. The van der Waals surface area contributed by atoms with Crippen LogP contribution in [0.1, 0.15) is 132 Å². The third-order valence-corrected chi connectivity index (χ3v) is 13.9. The molecule has 3 fully saturated rings. The maximum absolute atomic E-state index is 14.2. The first-order valence-corrected chi connectivity index (χ1v) is 23.1. The van der Waals surface area contributed by atoms with E-state index in [0.29, 0.717) is 57.8 Å². The number of piperidine rings is 1. The number of carbonyl (C=O) groups excluding carboxylic acids is 5. The number of carbonyl (C=O) groups is 5. The number of fused-ring (bicyclic) bond motifs is 3. The number of rotatable bonds is 4. The number of ketones is 3. The number of allylic oxidation sites excluding steroid dienone is 6. The largest absolute Gasteiger partial charge is 0.460 e. The van der Waals surface area contributed by atoms with Gasteiger partial charge >= 0.3 is 5.97 Å². The third-order valence-electron chi connectivity index (χ3n) is 13.9. The van der Waals surface area contributed by atoms with Gasteiger partial charge in [-0.2, -0.15) is 0 Å². The quantitative estimate of drug-likeness (QED) is 0.149. The summed E-state index contributed by atoms with van der Waals surface area (Å²) >= 11 is 0. The number of hydrogen-bond donors (Lipinski definition) is 4. The maximum atomic E-state index is 14.2. The molecular formula is C49H75NO12. The first kappa shape index (κ1) is 51.3. The summed E-state index contributed by atoms with van der Waals surface area (Å²) in [6.07, 6.45) is 11.8. The normalized spacial score (nSPS) is 40.6. The van der Waals surface area contributed by atoms with E-state index < -0.39 is 83.5 Å². The predicted octanol–water partition coefficient (Wildman–Crippen LogP) is 5.90. The first-order valence-electron chi connectivity index (χ1n) is 23.1. The van der Waals surface area contributed by atoms with Crippen LogP contribution >= 0.6 is 0 Å². The van der Waals surface area contributed by atoms with Gasteiger partial charge in [0.05, 0.1) is 18.3 Å². The van der Waals surface area contributed by atoms with E-state index >= 15 is 0 Å². The highest BCUT2D eigenvalue weighted by molar-refractivity contribution is 6.39. The number of Topliss-reactive ketones (excluding diaryl/α,β-unsaturated/α-hetero) is 3. The van der Waals surface area contributed by atoms with Gasteiger partial charge in [0.25, 0.3) is 11.7 Å². The van der Waals surface area contributed by atoms with Gasteiger partial charge in [-0.15, -0.1) is 0 Å². The van der Waals surface area contributed by atoms with Crippen LogP contribution in [0.3, 0.4) is 0 Å². The SMILES string of the molecule is CO[C@H]1C[C@@H]2CC[C@@H](C)[C@@](O)(O2)C(=O)C(=O)N2CCCC[C@H]2C(=O)O[C@H]([C@H](C)C[C@H]2CC[C@H](O)CC2)CC(=O)[C@H](C)/C=C(\C)[C@@H](O)[C@@H](O)C(=O)[C@H](C)C[C@H](C)/C=C/C=C/C=C/1C. The zero-order chi connectivity index (χ0) is 45.9. The van der Waals surface area contributed by atoms with Crippen molar-refractivity contribution in [1.82, 2.24) is 4.90 Å². The van der Waals surface area contributed by atoms with Gasteiger partial charge in [-0.25, -0.2) is 4.79 Å². The zero-order valence-electron chi connectivity index (χ0n) is 38.4. The van der Waals surface area contributed by atoms with E-state index in [1.54, 1.807) is 34.8 Å². The second-order valence-corrected chi connectivity index (χ2v) is 19.0. The number of amides is 1. The van der Waals surface area contributed by atoms with Gasteiger partial charge in [-0.3, -0.25) is 19.2 Å².